The fourth-order valence-electron chi connectivity index (χ4n) is 2.91. The van der Waals surface area contributed by atoms with E-state index in [9.17, 15) is 8.42 Å². The Morgan fingerprint density at radius 2 is 1.75 bits per heavy atom. The van der Waals surface area contributed by atoms with Crippen molar-refractivity contribution >= 4 is 37.3 Å². The van der Waals surface area contributed by atoms with Crippen LogP contribution < -0.4 is 9.46 Å². The first-order valence-corrected chi connectivity index (χ1v) is 11.1. The van der Waals surface area contributed by atoms with E-state index in [0.29, 0.717) is 17.4 Å². The zero-order valence-electron chi connectivity index (χ0n) is 15.1. The van der Waals surface area contributed by atoms with Gasteiger partial charge in [-0.1, -0.05) is 42.5 Å². The zero-order valence-corrected chi connectivity index (χ0v) is 16.8. The summed E-state index contributed by atoms with van der Waals surface area (Å²) in [5.74, 6) is 0.722. The van der Waals surface area contributed by atoms with Gasteiger partial charge in [0.15, 0.2) is 5.13 Å². The van der Waals surface area contributed by atoms with Crippen LogP contribution >= 0.6 is 11.3 Å². The summed E-state index contributed by atoms with van der Waals surface area (Å²) in [6, 6.07) is 20.3. The molecule has 0 aliphatic carbocycles. The summed E-state index contributed by atoms with van der Waals surface area (Å²) in [4.78, 5) is 4.65. The second-order valence-electron chi connectivity index (χ2n) is 6.08. The maximum atomic E-state index is 12.8. The van der Waals surface area contributed by atoms with Gasteiger partial charge < -0.3 is 4.74 Å². The van der Waals surface area contributed by atoms with Gasteiger partial charge in [-0.3, -0.25) is 4.72 Å². The smallest absolute Gasteiger partial charge is 0.263 e. The fourth-order valence-corrected chi connectivity index (χ4v) is 4.91. The van der Waals surface area contributed by atoms with E-state index >= 15 is 0 Å². The lowest BCUT2D eigenvalue weighted by molar-refractivity contribution is 0.341. The third-order valence-corrected chi connectivity index (χ3v) is 6.44. The summed E-state index contributed by atoms with van der Waals surface area (Å²) in [6.45, 7) is 2.46. The molecule has 4 rings (SSSR count). The molecule has 0 unspecified atom stereocenters. The maximum Gasteiger partial charge on any atom is 0.263 e. The topological polar surface area (TPSA) is 68.3 Å². The Morgan fingerprint density at radius 3 is 2.57 bits per heavy atom. The van der Waals surface area contributed by atoms with Crippen LogP contribution in [0.25, 0.3) is 22.0 Å². The summed E-state index contributed by atoms with van der Waals surface area (Å²) in [5.41, 5.74) is 1.50. The summed E-state index contributed by atoms with van der Waals surface area (Å²) in [6.07, 6.45) is 0. The van der Waals surface area contributed by atoms with Crippen molar-refractivity contribution in [3.63, 3.8) is 0 Å². The van der Waals surface area contributed by atoms with Crippen molar-refractivity contribution < 1.29 is 13.2 Å². The van der Waals surface area contributed by atoms with Gasteiger partial charge in [-0.15, -0.1) is 11.3 Å². The van der Waals surface area contributed by atoms with Crippen LogP contribution in [0.1, 0.15) is 6.92 Å². The highest BCUT2D eigenvalue weighted by atomic mass is 32.2. The average molecular weight is 411 g/mol. The van der Waals surface area contributed by atoms with Gasteiger partial charge in [-0.05, 0) is 42.0 Å². The van der Waals surface area contributed by atoms with Gasteiger partial charge in [-0.2, -0.15) is 0 Å². The average Bonchev–Trinajstić information content (AvgIpc) is 3.16. The van der Waals surface area contributed by atoms with E-state index in [2.05, 4.69) is 9.71 Å². The minimum Gasteiger partial charge on any atom is -0.493 e. The number of thiazole rings is 1. The number of rotatable bonds is 6. The minimum atomic E-state index is -3.73. The summed E-state index contributed by atoms with van der Waals surface area (Å²) in [5, 5.41) is 3.99. The first kappa shape index (κ1) is 18.5. The van der Waals surface area contributed by atoms with Gasteiger partial charge in [0.05, 0.1) is 17.2 Å². The number of fused-ring (bicyclic) bond motifs is 1. The van der Waals surface area contributed by atoms with Gasteiger partial charge in [0.2, 0.25) is 0 Å². The molecule has 7 heteroatoms. The molecule has 142 valence electrons. The van der Waals surface area contributed by atoms with Gasteiger partial charge in [-0.25, -0.2) is 13.4 Å². The predicted molar refractivity (Wildman–Crippen MR) is 113 cm³/mol. The van der Waals surface area contributed by atoms with Crippen molar-refractivity contribution in [2.75, 3.05) is 11.3 Å². The van der Waals surface area contributed by atoms with Crippen LogP contribution in [0.2, 0.25) is 0 Å². The molecule has 4 aromatic rings. The summed E-state index contributed by atoms with van der Waals surface area (Å²) >= 11 is 1.24. The number of ether oxygens (including phenoxy) is 1. The number of benzene rings is 3. The molecule has 0 spiro atoms. The van der Waals surface area contributed by atoms with Gasteiger partial charge in [0, 0.05) is 10.9 Å². The van der Waals surface area contributed by atoms with Gasteiger partial charge in [0.1, 0.15) is 5.75 Å². The van der Waals surface area contributed by atoms with Crippen LogP contribution in [0.3, 0.4) is 0 Å². The highest BCUT2D eigenvalue weighted by molar-refractivity contribution is 7.93. The van der Waals surface area contributed by atoms with E-state index in [1.165, 1.54) is 11.3 Å². The molecule has 0 aliphatic heterocycles. The molecule has 1 N–H and O–H groups in total. The Balaban J connectivity index is 1.62. The van der Waals surface area contributed by atoms with E-state index in [1.54, 1.807) is 18.2 Å². The predicted octanol–water partition coefficient (Wildman–Crippen LogP) is 5.16. The first-order chi connectivity index (χ1) is 13.6. The van der Waals surface area contributed by atoms with Crippen molar-refractivity contribution in [1.29, 1.82) is 0 Å². The molecular formula is C21H18N2O3S2. The van der Waals surface area contributed by atoms with Crippen molar-refractivity contribution in [2.24, 2.45) is 0 Å². The lowest BCUT2D eigenvalue weighted by Crippen LogP contribution is -2.12. The second kappa shape index (κ2) is 7.61. The number of hydrogen-bond donors (Lipinski definition) is 1. The third kappa shape index (κ3) is 3.72. The fraction of sp³-hybridized carbons (Fsp3) is 0.0952. The number of hydrogen-bond acceptors (Lipinski definition) is 5. The Hall–Kier alpha value is -2.90. The molecule has 0 bridgehead atoms. The van der Waals surface area contributed by atoms with Crippen molar-refractivity contribution in [2.45, 2.75) is 11.8 Å². The molecule has 1 heterocycles. The minimum absolute atomic E-state index is 0.206. The monoisotopic (exact) mass is 410 g/mol. The molecule has 0 fully saturated rings. The Bertz CT molecular complexity index is 1230. The van der Waals surface area contributed by atoms with Gasteiger partial charge in [0.25, 0.3) is 10.0 Å². The number of nitrogens with zero attached hydrogens (tertiary/aromatic N) is 1. The standard InChI is InChI=1S/C21H18N2O3S2/c1-2-26-20-10-6-5-9-18(20)19-14-27-21(22-19)23-28(24,25)17-12-11-15-7-3-4-8-16(15)13-17/h3-14H,2H2,1H3,(H,22,23). The van der Waals surface area contributed by atoms with Crippen molar-refractivity contribution in [1.82, 2.24) is 4.98 Å². The molecule has 0 aliphatic rings. The Kier molecular flexibility index (Phi) is 5.02. The molecule has 0 amide bonds. The molecule has 5 nitrogen and oxygen atoms in total. The molecule has 3 aromatic carbocycles. The number of sulfonamides is 1. The van der Waals surface area contributed by atoms with Crippen LogP contribution in [0.4, 0.5) is 5.13 Å². The highest BCUT2D eigenvalue weighted by Gasteiger charge is 2.18. The third-order valence-electron chi connectivity index (χ3n) is 4.22. The molecular weight excluding hydrogens is 392 g/mol. The molecule has 0 atom stereocenters. The van der Waals surface area contributed by atoms with Gasteiger partial charge >= 0.3 is 0 Å². The van der Waals surface area contributed by atoms with Crippen molar-refractivity contribution in [3.8, 4) is 17.0 Å². The Morgan fingerprint density at radius 1 is 1.00 bits per heavy atom. The lowest BCUT2D eigenvalue weighted by Gasteiger charge is -2.08. The quantitative estimate of drug-likeness (QED) is 0.477. The van der Waals surface area contributed by atoms with Crippen LogP contribution in [0, 0.1) is 0 Å². The zero-order chi connectivity index (χ0) is 19.6. The first-order valence-electron chi connectivity index (χ1n) is 8.76. The van der Waals surface area contributed by atoms with Crippen LogP contribution in [0.15, 0.2) is 77.0 Å². The second-order valence-corrected chi connectivity index (χ2v) is 8.62. The molecule has 0 saturated carbocycles. The van der Waals surface area contributed by atoms with E-state index in [4.69, 9.17) is 4.74 Å². The van der Waals surface area contributed by atoms with Crippen LogP contribution in [0.5, 0.6) is 5.75 Å². The number of para-hydroxylation sites is 1. The van der Waals surface area contributed by atoms with E-state index in [0.717, 1.165) is 22.1 Å². The number of nitrogens with one attached hydrogen (secondary N) is 1. The molecule has 1 aromatic heterocycles. The SMILES string of the molecule is CCOc1ccccc1-c1csc(NS(=O)(=O)c2ccc3ccccc3c2)n1. The van der Waals surface area contributed by atoms with Crippen LogP contribution in [-0.2, 0) is 10.0 Å². The Labute approximate surface area is 167 Å². The highest BCUT2D eigenvalue weighted by Crippen LogP contribution is 2.33. The largest absolute Gasteiger partial charge is 0.493 e. The molecule has 0 radical (unpaired) electrons. The summed E-state index contributed by atoms with van der Waals surface area (Å²) in [7, 11) is -3.73. The van der Waals surface area contributed by atoms with E-state index < -0.39 is 10.0 Å². The summed E-state index contributed by atoms with van der Waals surface area (Å²) < 4.78 is 33.8. The normalized spacial score (nSPS) is 11.5. The van der Waals surface area contributed by atoms with E-state index in [-0.39, 0.29) is 4.90 Å². The number of aromatic nitrogens is 1. The lowest BCUT2D eigenvalue weighted by atomic mass is 10.1. The molecule has 28 heavy (non-hydrogen) atoms. The number of anilines is 1. The maximum absolute atomic E-state index is 12.8. The van der Waals surface area contributed by atoms with Crippen molar-refractivity contribution in [3.05, 3.63) is 72.1 Å². The van der Waals surface area contributed by atoms with E-state index in [1.807, 2.05) is 60.8 Å². The van der Waals surface area contributed by atoms with Crippen LogP contribution in [-0.4, -0.2) is 20.0 Å². The molecule has 0 saturated heterocycles.